The molecule has 1 aliphatic heterocycles. The molecule has 1 rings (SSSR count). The zero-order valence-electron chi connectivity index (χ0n) is 18.1. The molecule has 0 aromatic carbocycles. The first-order valence-corrected chi connectivity index (χ1v) is 10.3. The number of carbonyl (C=O) groups is 1. The van der Waals surface area contributed by atoms with E-state index in [1.807, 2.05) is 19.1 Å². The number of guanidine groups is 1. The topological polar surface area (TPSA) is 69.2 Å². The normalized spacial score (nSPS) is 16.8. The highest BCUT2D eigenvalue weighted by Gasteiger charge is 2.25. The molecule has 1 saturated heterocycles. The summed E-state index contributed by atoms with van der Waals surface area (Å²) in [4.78, 5) is 20.3. The molecule has 0 saturated carbocycles. The van der Waals surface area contributed by atoms with Gasteiger partial charge in [0.15, 0.2) is 5.96 Å². The summed E-state index contributed by atoms with van der Waals surface area (Å²) in [7, 11) is 1.79. The zero-order chi connectivity index (χ0) is 20.9. The number of hydrogen-bond donors (Lipinski definition) is 2. The van der Waals surface area contributed by atoms with Crippen molar-refractivity contribution in [2.24, 2.45) is 10.9 Å². The molecule has 1 aliphatic rings. The monoisotopic (exact) mass is 393 g/mol. The maximum absolute atomic E-state index is 11.8. The number of nitrogens with one attached hydrogen (secondary N) is 2. The summed E-state index contributed by atoms with van der Waals surface area (Å²) in [6.07, 6.45) is 5.41. The SMILES string of the molecule is C=CCN(CC=C)C(CNC(=NC)NC1CCN(C(=O)OCC)CC1)C(C)C. The maximum atomic E-state index is 11.8. The van der Waals surface area contributed by atoms with Crippen LogP contribution in [0.25, 0.3) is 0 Å². The molecular weight excluding hydrogens is 354 g/mol. The minimum atomic E-state index is -0.215. The third-order valence-electron chi connectivity index (χ3n) is 5.03. The van der Waals surface area contributed by atoms with Crippen LogP contribution in [-0.2, 0) is 4.74 Å². The van der Waals surface area contributed by atoms with E-state index in [2.05, 4.69) is 47.5 Å². The molecule has 7 heteroatoms. The number of nitrogens with zero attached hydrogens (tertiary/aromatic N) is 3. The van der Waals surface area contributed by atoms with Crippen molar-refractivity contribution in [3.63, 3.8) is 0 Å². The summed E-state index contributed by atoms with van der Waals surface area (Å²) < 4.78 is 5.08. The summed E-state index contributed by atoms with van der Waals surface area (Å²) in [6, 6.07) is 0.645. The Kier molecular flexibility index (Phi) is 11.3. The first-order chi connectivity index (χ1) is 13.5. The quantitative estimate of drug-likeness (QED) is 0.339. The summed E-state index contributed by atoms with van der Waals surface area (Å²) in [5.74, 6) is 1.29. The number of rotatable bonds is 10. The third kappa shape index (κ3) is 7.92. The van der Waals surface area contributed by atoms with Crippen LogP contribution in [0.5, 0.6) is 0 Å². The Balaban J connectivity index is 2.54. The van der Waals surface area contributed by atoms with Gasteiger partial charge >= 0.3 is 6.09 Å². The third-order valence-corrected chi connectivity index (χ3v) is 5.03. The van der Waals surface area contributed by atoms with Crippen molar-refractivity contribution in [3.05, 3.63) is 25.3 Å². The lowest BCUT2D eigenvalue weighted by molar-refractivity contribution is 0.0963. The van der Waals surface area contributed by atoms with Gasteiger partial charge in [0.1, 0.15) is 0 Å². The Bertz CT molecular complexity index is 503. The van der Waals surface area contributed by atoms with Crippen LogP contribution >= 0.6 is 0 Å². The van der Waals surface area contributed by atoms with Crippen LogP contribution < -0.4 is 10.6 Å². The number of piperidine rings is 1. The van der Waals surface area contributed by atoms with E-state index in [4.69, 9.17) is 4.74 Å². The largest absolute Gasteiger partial charge is 0.450 e. The van der Waals surface area contributed by atoms with E-state index in [1.54, 1.807) is 11.9 Å². The average Bonchev–Trinajstić information content (AvgIpc) is 2.68. The average molecular weight is 394 g/mol. The molecule has 1 atom stereocenters. The molecule has 0 aliphatic carbocycles. The van der Waals surface area contributed by atoms with Crippen molar-refractivity contribution in [1.29, 1.82) is 0 Å². The smallest absolute Gasteiger partial charge is 0.409 e. The van der Waals surface area contributed by atoms with Gasteiger partial charge < -0.3 is 20.3 Å². The fourth-order valence-corrected chi connectivity index (χ4v) is 3.47. The van der Waals surface area contributed by atoms with E-state index in [9.17, 15) is 4.79 Å². The molecule has 1 heterocycles. The van der Waals surface area contributed by atoms with E-state index < -0.39 is 0 Å². The summed E-state index contributed by atoms with van der Waals surface area (Å²) in [5.41, 5.74) is 0. The molecular formula is C21H39N5O2. The molecule has 7 nitrogen and oxygen atoms in total. The molecule has 28 heavy (non-hydrogen) atoms. The van der Waals surface area contributed by atoms with Crippen LogP contribution in [0.2, 0.25) is 0 Å². The fraction of sp³-hybridized carbons (Fsp3) is 0.714. The second-order valence-electron chi connectivity index (χ2n) is 7.40. The van der Waals surface area contributed by atoms with Crippen LogP contribution in [0.3, 0.4) is 0 Å². The lowest BCUT2D eigenvalue weighted by atomic mass is 10.0. The van der Waals surface area contributed by atoms with E-state index in [0.717, 1.165) is 38.4 Å². The van der Waals surface area contributed by atoms with Crippen molar-refractivity contribution >= 4 is 12.1 Å². The van der Waals surface area contributed by atoms with E-state index >= 15 is 0 Å². The maximum Gasteiger partial charge on any atom is 0.409 e. The highest BCUT2D eigenvalue weighted by molar-refractivity contribution is 5.80. The molecule has 0 aromatic rings. The van der Waals surface area contributed by atoms with Crippen LogP contribution in [0.15, 0.2) is 30.3 Å². The predicted octanol–water partition coefficient (Wildman–Crippen LogP) is 2.47. The molecule has 1 amide bonds. The van der Waals surface area contributed by atoms with Crippen molar-refractivity contribution in [2.75, 3.05) is 46.4 Å². The highest BCUT2D eigenvalue weighted by atomic mass is 16.6. The second kappa shape index (κ2) is 13.2. The van der Waals surface area contributed by atoms with Crippen LogP contribution in [0, 0.1) is 5.92 Å². The van der Waals surface area contributed by atoms with Gasteiger partial charge in [0, 0.05) is 51.9 Å². The van der Waals surface area contributed by atoms with Crippen LogP contribution in [0.4, 0.5) is 4.79 Å². The Morgan fingerprint density at radius 1 is 1.29 bits per heavy atom. The van der Waals surface area contributed by atoms with Gasteiger partial charge in [0.2, 0.25) is 0 Å². The lowest BCUT2D eigenvalue weighted by Gasteiger charge is -2.35. The molecule has 0 aromatic heterocycles. The number of aliphatic imine (C=N–C) groups is 1. The summed E-state index contributed by atoms with van der Waals surface area (Å²) in [6.45, 7) is 18.3. The number of likely N-dealkylation sites (tertiary alicyclic amines) is 1. The van der Waals surface area contributed by atoms with Crippen molar-refractivity contribution in [3.8, 4) is 0 Å². The number of ether oxygens (including phenoxy) is 1. The van der Waals surface area contributed by atoms with E-state index in [0.29, 0.717) is 37.7 Å². The van der Waals surface area contributed by atoms with Crippen molar-refractivity contribution < 1.29 is 9.53 Å². The first-order valence-electron chi connectivity index (χ1n) is 10.3. The number of carbonyl (C=O) groups excluding carboxylic acids is 1. The van der Waals surface area contributed by atoms with Gasteiger partial charge in [-0.3, -0.25) is 9.89 Å². The standard InChI is InChI=1S/C21H39N5O2/c1-7-12-25(13-8-2)19(17(4)5)16-23-20(22-6)24-18-10-14-26(15-11-18)21(27)28-9-3/h7-8,17-19H,1-2,9-16H2,3-6H3,(H2,22,23,24). The van der Waals surface area contributed by atoms with Gasteiger partial charge in [-0.2, -0.15) is 0 Å². The molecule has 160 valence electrons. The Labute approximate surface area is 170 Å². The second-order valence-corrected chi connectivity index (χ2v) is 7.40. The number of amides is 1. The highest BCUT2D eigenvalue weighted by Crippen LogP contribution is 2.12. The predicted molar refractivity (Wildman–Crippen MR) is 117 cm³/mol. The van der Waals surface area contributed by atoms with Crippen molar-refractivity contribution in [1.82, 2.24) is 20.4 Å². The Hall–Kier alpha value is -2.02. The van der Waals surface area contributed by atoms with Crippen molar-refractivity contribution in [2.45, 2.75) is 45.7 Å². The van der Waals surface area contributed by atoms with Gasteiger partial charge in [-0.05, 0) is 25.7 Å². The van der Waals surface area contributed by atoms with Gasteiger partial charge in [0.25, 0.3) is 0 Å². The molecule has 1 fully saturated rings. The van der Waals surface area contributed by atoms with Gasteiger partial charge in [-0.15, -0.1) is 13.2 Å². The van der Waals surface area contributed by atoms with E-state index in [-0.39, 0.29) is 6.09 Å². The molecule has 1 unspecified atom stereocenters. The molecule has 0 spiro atoms. The zero-order valence-corrected chi connectivity index (χ0v) is 18.1. The fourth-order valence-electron chi connectivity index (χ4n) is 3.47. The van der Waals surface area contributed by atoms with Gasteiger partial charge in [-0.25, -0.2) is 4.79 Å². The van der Waals surface area contributed by atoms with Gasteiger partial charge in [-0.1, -0.05) is 26.0 Å². The minimum absolute atomic E-state index is 0.215. The molecule has 2 N–H and O–H groups in total. The Morgan fingerprint density at radius 3 is 2.36 bits per heavy atom. The van der Waals surface area contributed by atoms with Gasteiger partial charge in [0.05, 0.1) is 6.61 Å². The molecule has 0 radical (unpaired) electrons. The minimum Gasteiger partial charge on any atom is -0.450 e. The lowest BCUT2D eigenvalue weighted by Crippen LogP contribution is -2.53. The number of hydrogen-bond acceptors (Lipinski definition) is 4. The van der Waals surface area contributed by atoms with Crippen LogP contribution in [0.1, 0.15) is 33.6 Å². The van der Waals surface area contributed by atoms with E-state index in [1.165, 1.54) is 0 Å². The summed E-state index contributed by atoms with van der Waals surface area (Å²) in [5, 5.41) is 6.97. The first kappa shape index (κ1) is 24.0. The molecule has 0 bridgehead atoms. The van der Waals surface area contributed by atoms with Crippen LogP contribution in [-0.4, -0.2) is 80.3 Å². The summed E-state index contributed by atoms with van der Waals surface area (Å²) >= 11 is 0. The Morgan fingerprint density at radius 2 is 1.89 bits per heavy atom.